The number of ether oxygens (including phenoxy) is 1. The molecule has 0 aromatic heterocycles. The molecular weight excluding hydrogens is 446 g/mol. The summed E-state index contributed by atoms with van der Waals surface area (Å²) >= 11 is 0.912. The Morgan fingerprint density at radius 3 is 2.38 bits per heavy atom. The van der Waals surface area contributed by atoms with Gasteiger partial charge in [0.2, 0.25) is 0 Å². The number of hydrogen-bond donors (Lipinski definition) is 2. The van der Waals surface area contributed by atoms with Crippen LogP contribution in [0, 0.1) is 17.8 Å². The first kappa shape index (κ1) is 21.8. The minimum atomic E-state index is -0.365. The Bertz CT molecular complexity index is 1180. The third kappa shape index (κ3) is 3.72. The van der Waals surface area contributed by atoms with Crippen molar-refractivity contribution in [2.45, 2.75) is 50.9 Å². The van der Waals surface area contributed by atoms with Gasteiger partial charge in [0.15, 0.2) is 0 Å². The Labute approximate surface area is 204 Å². The zero-order chi connectivity index (χ0) is 23.4. The molecule has 1 aliphatic heterocycles. The molecule has 2 aromatic rings. The number of amides is 2. The summed E-state index contributed by atoms with van der Waals surface area (Å²) in [5.74, 6) is 3.19. The molecule has 2 N–H and O–H groups in total. The number of thioether (sulfide) groups is 1. The Hall–Kier alpha value is -2.73. The van der Waals surface area contributed by atoms with E-state index in [9.17, 15) is 14.7 Å². The number of carbonyl (C=O) groups is 2. The molecule has 0 atom stereocenters. The number of benzene rings is 2. The summed E-state index contributed by atoms with van der Waals surface area (Å²) in [4.78, 5) is 23.8. The number of imide groups is 1. The van der Waals surface area contributed by atoms with Gasteiger partial charge in [-0.25, -0.2) is 0 Å². The lowest BCUT2D eigenvalue weighted by Gasteiger charge is -2.57. The van der Waals surface area contributed by atoms with Crippen molar-refractivity contribution in [1.29, 1.82) is 0 Å². The Kier molecular flexibility index (Phi) is 5.25. The largest absolute Gasteiger partial charge is 0.508 e. The predicted molar refractivity (Wildman–Crippen MR) is 134 cm³/mol. The summed E-state index contributed by atoms with van der Waals surface area (Å²) in [6, 6.07) is 11.9. The first-order valence-electron chi connectivity index (χ1n) is 12.3. The summed E-state index contributed by atoms with van der Waals surface area (Å²) in [5.41, 5.74) is 4.02. The van der Waals surface area contributed by atoms with E-state index >= 15 is 0 Å². The van der Waals surface area contributed by atoms with Crippen LogP contribution in [0.2, 0.25) is 0 Å². The van der Waals surface area contributed by atoms with Gasteiger partial charge in [0.25, 0.3) is 11.1 Å². The highest BCUT2D eigenvalue weighted by atomic mass is 32.2. The number of rotatable bonds is 5. The normalized spacial score (nSPS) is 30.7. The SMILES string of the molecule is CCOc1cc(C=C2SC(=O)NC2=O)ccc1-c1ccc(O)c(C23CC4CC(CC(C4)C2)C3)c1. The van der Waals surface area contributed by atoms with Crippen molar-refractivity contribution in [1.82, 2.24) is 5.32 Å². The highest BCUT2D eigenvalue weighted by Crippen LogP contribution is 2.62. The zero-order valence-corrected chi connectivity index (χ0v) is 20.1. The average molecular weight is 476 g/mol. The number of phenols is 1. The molecule has 2 aromatic carbocycles. The molecule has 5 aliphatic rings. The van der Waals surface area contributed by atoms with Crippen LogP contribution in [0.3, 0.4) is 0 Å². The van der Waals surface area contributed by atoms with Crippen LogP contribution < -0.4 is 10.1 Å². The van der Waals surface area contributed by atoms with Crippen LogP contribution in [0.15, 0.2) is 41.3 Å². The smallest absolute Gasteiger partial charge is 0.290 e. The van der Waals surface area contributed by atoms with Gasteiger partial charge < -0.3 is 9.84 Å². The third-order valence-electron chi connectivity index (χ3n) is 8.16. The quantitative estimate of drug-likeness (QED) is 0.500. The number of carbonyl (C=O) groups excluding carboxylic acids is 2. The standard InChI is InChI=1S/C28H29NO4S/c1-2-33-24-10-16(11-25-26(31)29-27(32)34-25)3-5-21(24)20-4-6-23(30)22(12-20)28-13-17-7-18(14-28)9-19(8-17)15-28/h3-6,10-12,17-19,30H,2,7-9,13-15H2,1H3,(H,29,31,32). The summed E-state index contributed by atoms with van der Waals surface area (Å²) in [5, 5.41) is 12.9. The Morgan fingerprint density at radius 1 is 1.06 bits per heavy atom. The van der Waals surface area contributed by atoms with Gasteiger partial charge in [-0.3, -0.25) is 14.9 Å². The predicted octanol–water partition coefficient (Wildman–Crippen LogP) is 6.25. The van der Waals surface area contributed by atoms with Crippen molar-refractivity contribution in [3.05, 3.63) is 52.4 Å². The van der Waals surface area contributed by atoms with Crippen LogP contribution >= 0.6 is 11.8 Å². The van der Waals surface area contributed by atoms with Crippen LogP contribution in [0.5, 0.6) is 11.5 Å². The van der Waals surface area contributed by atoms with Crippen molar-refractivity contribution < 1.29 is 19.4 Å². The summed E-state index contributed by atoms with van der Waals surface area (Å²) in [6.07, 6.45) is 9.40. The van der Waals surface area contributed by atoms with E-state index in [1.165, 1.54) is 38.5 Å². The van der Waals surface area contributed by atoms with E-state index in [1.54, 1.807) is 6.08 Å². The molecule has 6 heteroatoms. The summed E-state index contributed by atoms with van der Waals surface area (Å²) < 4.78 is 6.00. The monoisotopic (exact) mass is 475 g/mol. The van der Waals surface area contributed by atoms with Crippen molar-refractivity contribution in [2.75, 3.05) is 6.61 Å². The lowest BCUT2D eigenvalue weighted by atomic mass is 9.48. The van der Waals surface area contributed by atoms with Gasteiger partial charge >= 0.3 is 0 Å². The summed E-state index contributed by atoms with van der Waals surface area (Å²) in [7, 11) is 0. The lowest BCUT2D eigenvalue weighted by molar-refractivity contribution is -0.115. The molecule has 0 unspecified atom stereocenters. The first-order chi connectivity index (χ1) is 16.4. The van der Waals surface area contributed by atoms with Gasteiger partial charge in [-0.1, -0.05) is 18.2 Å². The van der Waals surface area contributed by atoms with Gasteiger partial charge in [0.05, 0.1) is 11.5 Å². The molecule has 0 radical (unpaired) electrons. The number of nitrogens with one attached hydrogen (secondary N) is 1. The van der Waals surface area contributed by atoms with E-state index in [0.29, 0.717) is 17.3 Å². The molecular formula is C28H29NO4S. The number of phenolic OH excluding ortho intramolecular Hbond substituents is 1. The van der Waals surface area contributed by atoms with Crippen LogP contribution in [0.4, 0.5) is 4.79 Å². The zero-order valence-electron chi connectivity index (χ0n) is 19.3. The van der Waals surface area contributed by atoms with Crippen LogP contribution in [0.25, 0.3) is 17.2 Å². The van der Waals surface area contributed by atoms with Gasteiger partial charge in [-0.2, -0.15) is 0 Å². The lowest BCUT2D eigenvalue weighted by Crippen LogP contribution is -2.48. The van der Waals surface area contributed by atoms with E-state index < -0.39 is 0 Å². The first-order valence-corrected chi connectivity index (χ1v) is 13.1. The maximum atomic E-state index is 11.9. The second-order valence-electron chi connectivity index (χ2n) is 10.5. The second-order valence-corrected chi connectivity index (χ2v) is 11.5. The maximum absolute atomic E-state index is 11.9. The molecule has 1 saturated heterocycles. The van der Waals surface area contributed by atoms with Crippen LogP contribution in [0.1, 0.15) is 56.6 Å². The third-order valence-corrected chi connectivity index (χ3v) is 8.97. The topological polar surface area (TPSA) is 75.6 Å². The van der Waals surface area contributed by atoms with Crippen LogP contribution in [-0.2, 0) is 10.2 Å². The van der Waals surface area contributed by atoms with Gasteiger partial charge in [-0.05, 0) is 116 Å². The molecule has 4 saturated carbocycles. The molecule has 176 valence electrons. The van der Waals surface area contributed by atoms with E-state index in [2.05, 4.69) is 11.4 Å². The van der Waals surface area contributed by atoms with Gasteiger partial charge in [-0.15, -0.1) is 0 Å². The van der Waals surface area contributed by atoms with Gasteiger partial charge in [0, 0.05) is 11.1 Å². The van der Waals surface area contributed by atoms with Crippen molar-refractivity contribution in [3.8, 4) is 22.6 Å². The van der Waals surface area contributed by atoms with Crippen molar-refractivity contribution in [2.24, 2.45) is 17.8 Å². The molecule has 0 spiro atoms. The Balaban J connectivity index is 1.38. The molecule has 2 amide bonds. The maximum Gasteiger partial charge on any atom is 0.290 e. The molecule has 4 bridgehead atoms. The van der Waals surface area contributed by atoms with Crippen molar-refractivity contribution in [3.63, 3.8) is 0 Å². The highest BCUT2D eigenvalue weighted by molar-refractivity contribution is 8.18. The van der Waals surface area contributed by atoms with E-state index in [1.807, 2.05) is 37.3 Å². The highest BCUT2D eigenvalue weighted by Gasteiger charge is 2.52. The van der Waals surface area contributed by atoms with Crippen LogP contribution in [-0.4, -0.2) is 22.9 Å². The molecule has 34 heavy (non-hydrogen) atoms. The fourth-order valence-corrected chi connectivity index (χ4v) is 7.97. The number of aromatic hydroxyl groups is 1. The van der Waals surface area contributed by atoms with E-state index in [-0.39, 0.29) is 16.6 Å². The van der Waals surface area contributed by atoms with Gasteiger partial charge in [0.1, 0.15) is 11.5 Å². The minimum absolute atomic E-state index is 0.102. The molecule has 7 rings (SSSR count). The van der Waals surface area contributed by atoms with Crippen molar-refractivity contribution >= 4 is 29.0 Å². The second kappa shape index (κ2) is 8.19. The molecule has 4 aliphatic carbocycles. The molecule has 5 fully saturated rings. The molecule has 1 heterocycles. The summed E-state index contributed by atoms with van der Waals surface area (Å²) in [6.45, 7) is 2.46. The number of hydrogen-bond acceptors (Lipinski definition) is 5. The minimum Gasteiger partial charge on any atom is -0.508 e. The fourth-order valence-electron chi connectivity index (χ4n) is 7.28. The van der Waals surface area contributed by atoms with E-state index in [4.69, 9.17) is 4.74 Å². The molecule has 5 nitrogen and oxygen atoms in total. The van der Waals surface area contributed by atoms with E-state index in [0.717, 1.165) is 57.5 Å². The fraction of sp³-hybridized carbons (Fsp3) is 0.429. The average Bonchev–Trinajstić information content (AvgIpc) is 3.10. The Morgan fingerprint density at radius 2 is 1.76 bits per heavy atom.